The number of hydrogen-bond donors (Lipinski definition) is 1. The van der Waals surface area contributed by atoms with Crippen molar-refractivity contribution in [3.05, 3.63) is 64.9 Å². The highest BCUT2D eigenvalue weighted by Gasteiger charge is 2.15. The Hall–Kier alpha value is -2.71. The standard InChI is InChI=1S/C16H9FN2OS/c17-11-7-5-10(6-8-11)15(20)12(9-18)16-19-13-3-1-2-4-14(13)21-16/h1-8,20H. The Bertz CT molecular complexity index is 842. The van der Waals surface area contributed by atoms with E-state index in [1.54, 1.807) is 0 Å². The molecule has 0 fully saturated rings. The zero-order valence-electron chi connectivity index (χ0n) is 10.7. The van der Waals surface area contributed by atoms with Crippen LogP contribution in [0.1, 0.15) is 10.6 Å². The van der Waals surface area contributed by atoms with Crippen molar-refractivity contribution in [3.8, 4) is 6.07 Å². The maximum absolute atomic E-state index is 12.9. The molecular weight excluding hydrogens is 287 g/mol. The number of nitriles is 1. The van der Waals surface area contributed by atoms with Gasteiger partial charge in [0.15, 0.2) is 0 Å². The van der Waals surface area contributed by atoms with Crippen molar-refractivity contribution in [3.63, 3.8) is 0 Å². The normalized spacial score (nSPS) is 12.0. The summed E-state index contributed by atoms with van der Waals surface area (Å²) in [7, 11) is 0. The van der Waals surface area contributed by atoms with Crippen molar-refractivity contribution in [2.75, 3.05) is 0 Å². The fourth-order valence-electron chi connectivity index (χ4n) is 1.93. The van der Waals surface area contributed by atoms with E-state index in [1.165, 1.54) is 35.6 Å². The number of aromatic nitrogens is 1. The van der Waals surface area contributed by atoms with Crippen LogP contribution in [-0.4, -0.2) is 10.1 Å². The van der Waals surface area contributed by atoms with Crippen LogP contribution in [0.25, 0.3) is 21.5 Å². The van der Waals surface area contributed by atoms with Gasteiger partial charge in [-0.1, -0.05) is 12.1 Å². The molecule has 0 bridgehead atoms. The minimum atomic E-state index is -0.398. The number of para-hydroxylation sites is 1. The molecule has 0 spiro atoms. The van der Waals surface area contributed by atoms with Crippen molar-refractivity contribution >= 4 is 32.9 Å². The molecule has 1 heterocycles. The van der Waals surface area contributed by atoms with Gasteiger partial charge in [0.1, 0.15) is 28.2 Å². The summed E-state index contributed by atoms with van der Waals surface area (Å²) >= 11 is 1.33. The van der Waals surface area contributed by atoms with E-state index in [1.807, 2.05) is 30.3 Å². The number of aliphatic hydroxyl groups excluding tert-OH is 1. The Labute approximate surface area is 124 Å². The molecule has 0 atom stereocenters. The number of nitrogens with zero attached hydrogens (tertiary/aromatic N) is 2. The molecule has 3 aromatic rings. The molecule has 0 amide bonds. The average molecular weight is 296 g/mol. The van der Waals surface area contributed by atoms with Gasteiger partial charge in [-0.25, -0.2) is 9.37 Å². The molecule has 3 rings (SSSR count). The maximum atomic E-state index is 12.9. The smallest absolute Gasteiger partial charge is 0.143 e. The molecule has 0 aliphatic carbocycles. The van der Waals surface area contributed by atoms with Crippen molar-refractivity contribution in [1.29, 1.82) is 5.26 Å². The van der Waals surface area contributed by atoms with Gasteiger partial charge in [-0.05, 0) is 36.4 Å². The Morgan fingerprint density at radius 3 is 2.52 bits per heavy atom. The molecule has 1 aromatic heterocycles. The van der Waals surface area contributed by atoms with Gasteiger partial charge in [-0.2, -0.15) is 5.26 Å². The number of allylic oxidation sites excluding steroid dienone is 1. The first-order valence-corrected chi connectivity index (χ1v) is 6.96. The molecule has 0 radical (unpaired) electrons. The number of thiazole rings is 1. The van der Waals surface area contributed by atoms with Gasteiger partial charge in [-0.3, -0.25) is 0 Å². The number of rotatable bonds is 2. The summed E-state index contributed by atoms with van der Waals surface area (Å²) in [6, 6.07) is 14.8. The van der Waals surface area contributed by atoms with E-state index in [2.05, 4.69) is 4.98 Å². The Balaban J connectivity index is 2.14. The number of hydrogen-bond acceptors (Lipinski definition) is 4. The minimum Gasteiger partial charge on any atom is -0.506 e. The monoisotopic (exact) mass is 296 g/mol. The lowest BCUT2D eigenvalue weighted by atomic mass is 10.1. The van der Waals surface area contributed by atoms with Crippen molar-refractivity contribution in [2.24, 2.45) is 0 Å². The molecule has 0 aliphatic heterocycles. The van der Waals surface area contributed by atoms with Gasteiger partial charge in [0.2, 0.25) is 0 Å². The van der Waals surface area contributed by atoms with E-state index >= 15 is 0 Å². The lowest BCUT2D eigenvalue weighted by Crippen LogP contribution is -1.90. The predicted molar refractivity (Wildman–Crippen MR) is 81.1 cm³/mol. The van der Waals surface area contributed by atoms with Gasteiger partial charge in [0.25, 0.3) is 0 Å². The number of aliphatic hydroxyl groups is 1. The fourth-order valence-corrected chi connectivity index (χ4v) is 2.89. The lowest BCUT2D eigenvalue weighted by Gasteiger charge is -2.02. The summed E-state index contributed by atoms with van der Waals surface area (Å²) < 4.78 is 13.9. The number of benzene rings is 2. The van der Waals surface area contributed by atoms with E-state index in [-0.39, 0.29) is 11.3 Å². The molecular formula is C16H9FN2OS. The summed E-state index contributed by atoms with van der Waals surface area (Å²) in [6.45, 7) is 0. The van der Waals surface area contributed by atoms with Crippen molar-refractivity contribution < 1.29 is 9.50 Å². The molecule has 0 aliphatic rings. The van der Waals surface area contributed by atoms with Gasteiger partial charge in [0, 0.05) is 5.56 Å². The molecule has 3 nitrogen and oxygen atoms in total. The molecule has 1 N–H and O–H groups in total. The largest absolute Gasteiger partial charge is 0.506 e. The highest BCUT2D eigenvalue weighted by molar-refractivity contribution is 7.19. The van der Waals surface area contributed by atoms with Gasteiger partial charge < -0.3 is 5.11 Å². The summed E-state index contributed by atoms with van der Waals surface area (Å²) in [5.74, 6) is -0.596. The third kappa shape index (κ3) is 2.49. The molecule has 0 saturated carbocycles. The van der Waals surface area contributed by atoms with Crippen LogP contribution < -0.4 is 0 Å². The summed E-state index contributed by atoms with van der Waals surface area (Å²) in [4.78, 5) is 4.35. The first-order valence-electron chi connectivity index (χ1n) is 6.14. The van der Waals surface area contributed by atoms with E-state index in [0.29, 0.717) is 10.6 Å². The highest BCUT2D eigenvalue weighted by atomic mass is 32.1. The molecule has 2 aromatic carbocycles. The van der Waals surface area contributed by atoms with Gasteiger partial charge in [-0.15, -0.1) is 11.3 Å². The SMILES string of the molecule is N#CC(=C(O)c1ccc(F)cc1)c1nc2ccccc2s1. The highest BCUT2D eigenvalue weighted by Crippen LogP contribution is 2.30. The van der Waals surface area contributed by atoms with E-state index in [4.69, 9.17) is 0 Å². The second kappa shape index (κ2) is 5.35. The van der Waals surface area contributed by atoms with Crippen LogP contribution in [0.15, 0.2) is 48.5 Å². The van der Waals surface area contributed by atoms with Gasteiger partial charge >= 0.3 is 0 Å². The van der Waals surface area contributed by atoms with Crippen LogP contribution in [0.4, 0.5) is 4.39 Å². The number of fused-ring (bicyclic) bond motifs is 1. The first-order chi connectivity index (χ1) is 10.2. The van der Waals surface area contributed by atoms with Crippen LogP contribution >= 0.6 is 11.3 Å². The van der Waals surface area contributed by atoms with Crippen LogP contribution in [0.3, 0.4) is 0 Å². The minimum absolute atomic E-state index is 0.0859. The van der Waals surface area contributed by atoms with Crippen LogP contribution in [0.5, 0.6) is 0 Å². The second-order valence-electron chi connectivity index (χ2n) is 4.33. The first kappa shape index (κ1) is 13.3. The van der Waals surface area contributed by atoms with Crippen LogP contribution in [-0.2, 0) is 0 Å². The number of halogens is 1. The van der Waals surface area contributed by atoms with Crippen molar-refractivity contribution in [1.82, 2.24) is 4.98 Å². The maximum Gasteiger partial charge on any atom is 0.143 e. The van der Waals surface area contributed by atoms with Crippen LogP contribution in [0.2, 0.25) is 0 Å². The Morgan fingerprint density at radius 1 is 1.14 bits per heavy atom. The summed E-state index contributed by atoms with van der Waals surface area (Å²) in [5, 5.41) is 20.0. The van der Waals surface area contributed by atoms with E-state index in [9.17, 15) is 14.8 Å². The van der Waals surface area contributed by atoms with Gasteiger partial charge in [0.05, 0.1) is 10.2 Å². The third-order valence-electron chi connectivity index (χ3n) is 2.97. The molecule has 0 saturated heterocycles. The summed E-state index contributed by atoms with van der Waals surface area (Å²) in [5.41, 5.74) is 1.24. The quantitative estimate of drug-likeness (QED) is 0.564. The second-order valence-corrected chi connectivity index (χ2v) is 5.36. The lowest BCUT2D eigenvalue weighted by molar-refractivity contribution is 0.513. The molecule has 0 unspecified atom stereocenters. The Morgan fingerprint density at radius 2 is 1.86 bits per heavy atom. The zero-order valence-corrected chi connectivity index (χ0v) is 11.6. The Kier molecular flexibility index (Phi) is 3.38. The topological polar surface area (TPSA) is 56.9 Å². The predicted octanol–water partition coefficient (Wildman–Crippen LogP) is 4.39. The van der Waals surface area contributed by atoms with E-state index < -0.39 is 5.82 Å². The third-order valence-corrected chi connectivity index (χ3v) is 4.03. The summed E-state index contributed by atoms with van der Waals surface area (Å²) in [6.07, 6.45) is 0. The van der Waals surface area contributed by atoms with Crippen molar-refractivity contribution in [2.45, 2.75) is 0 Å². The zero-order chi connectivity index (χ0) is 14.8. The average Bonchev–Trinajstić information content (AvgIpc) is 2.92. The molecule has 5 heteroatoms. The molecule has 102 valence electrons. The van der Waals surface area contributed by atoms with E-state index in [0.717, 1.165) is 10.2 Å². The fraction of sp³-hybridized carbons (Fsp3) is 0. The van der Waals surface area contributed by atoms with Crippen LogP contribution in [0, 0.1) is 17.1 Å². The molecule has 21 heavy (non-hydrogen) atoms.